The molecule has 0 saturated carbocycles. The highest BCUT2D eigenvalue weighted by Crippen LogP contribution is 1.91. The molecule has 2 amide bonds. The highest BCUT2D eigenvalue weighted by atomic mass is 16.5. The predicted octanol–water partition coefficient (Wildman–Crippen LogP) is 0.222. The number of aliphatic carboxylic acids is 1. The van der Waals surface area contributed by atoms with Gasteiger partial charge in [0, 0.05) is 13.1 Å². The Morgan fingerprint density at radius 2 is 2.11 bits per heavy atom. The van der Waals surface area contributed by atoms with Crippen LogP contribution in [0.2, 0.25) is 0 Å². The minimum Gasteiger partial charge on any atom is -0.480 e. The number of amides is 2. The Hall–Kier alpha value is -2.05. The summed E-state index contributed by atoms with van der Waals surface area (Å²) in [6.45, 7) is 5.22. The van der Waals surface area contributed by atoms with Crippen LogP contribution < -0.4 is 5.32 Å². The lowest BCUT2D eigenvalue weighted by Crippen LogP contribution is -2.43. The number of nitrogens with one attached hydrogen (secondary N) is 1. The van der Waals surface area contributed by atoms with Crippen LogP contribution in [0, 0.1) is 0 Å². The fourth-order valence-electron chi connectivity index (χ4n) is 1.15. The Morgan fingerprint density at radius 1 is 1.44 bits per heavy atom. The number of rotatable bonds is 8. The van der Waals surface area contributed by atoms with Crippen LogP contribution in [0.1, 0.15) is 13.3 Å². The quantitative estimate of drug-likeness (QED) is 0.479. The van der Waals surface area contributed by atoms with Crippen LogP contribution >= 0.6 is 0 Å². The van der Waals surface area contributed by atoms with Crippen molar-refractivity contribution in [2.24, 2.45) is 0 Å². The average Bonchev–Trinajstić information content (AvgIpc) is 2.28. The van der Waals surface area contributed by atoms with Gasteiger partial charge >= 0.3 is 18.0 Å². The molecule has 0 heterocycles. The van der Waals surface area contributed by atoms with Crippen molar-refractivity contribution >= 4 is 18.0 Å². The van der Waals surface area contributed by atoms with Gasteiger partial charge in [-0.15, -0.1) is 6.58 Å². The van der Waals surface area contributed by atoms with E-state index in [1.165, 1.54) is 6.08 Å². The summed E-state index contributed by atoms with van der Waals surface area (Å²) in [5.74, 6) is -1.52. The molecule has 7 nitrogen and oxygen atoms in total. The molecule has 0 aliphatic rings. The number of esters is 1. The van der Waals surface area contributed by atoms with E-state index in [0.29, 0.717) is 0 Å². The fraction of sp³-hybridized carbons (Fsp3) is 0.545. The van der Waals surface area contributed by atoms with Gasteiger partial charge in [-0.25, -0.2) is 4.79 Å². The van der Waals surface area contributed by atoms with E-state index in [1.807, 2.05) is 0 Å². The highest BCUT2D eigenvalue weighted by Gasteiger charge is 2.15. The maximum absolute atomic E-state index is 11.6. The molecule has 0 spiro atoms. The second-order valence-electron chi connectivity index (χ2n) is 3.35. The zero-order chi connectivity index (χ0) is 14.0. The van der Waals surface area contributed by atoms with Crippen LogP contribution in [0.15, 0.2) is 12.7 Å². The molecule has 0 saturated heterocycles. The first-order valence-electron chi connectivity index (χ1n) is 5.52. The van der Waals surface area contributed by atoms with Gasteiger partial charge in [-0.2, -0.15) is 0 Å². The topological polar surface area (TPSA) is 95.9 Å². The Morgan fingerprint density at radius 3 is 2.61 bits per heavy atom. The van der Waals surface area contributed by atoms with Gasteiger partial charge in [-0.3, -0.25) is 9.59 Å². The molecule has 0 aromatic rings. The van der Waals surface area contributed by atoms with Crippen LogP contribution in [0.25, 0.3) is 0 Å². The van der Waals surface area contributed by atoms with Crippen LogP contribution in [-0.4, -0.2) is 54.2 Å². The van der Waals surface area contributed by atoms with Crippen molar-refractivity contribution in [1.29, 1.82) is 0 Å². The largest absolute Gasteiger partial charge is 0.480 e. The number of carboxylic acids is 1. The third kappa shape index (κ3) is 7.26. The van der Waals surface area contributed by atoms with Gasteiger partial charge in [0.05, 0.1) is 13.0 Å². The molecule has 102 valence electrons. The summed E-state index contributed by atoms with van der Waals surface area (Å²) in [6.07, 6.45) is 1.47. The van der Waals surface area contributed by atoms with Gasteiger partial charge in [0.25, 0.3) is 0 Å². The van der Waals surface area contributed by atoms with Gasteiger partial charge in [0.2, 0.25) is 0 Å². The molecular weight excluding hydrogens is 240 g/mol. The van der Waals surface area contributed by atoms with Crippen LogP contribution in [-0.2, 0) is 14.3 Å². The third-order valence-corrected chi connectivity index (χ3v) is 1.87. The fourth-order valence-corrected chi connectivity index (χ4v) is 1.15. The Balaban J connectivity index is 4.06. The van der Waals surface area contributed by atoms with Crippen molar-refractivity contribution in [2.75, 3.05) is 26.2 Å². The lowest BCUT2D eigenvalue weighted by Gasteiger charge is -2.19. The van der Waals surface area contributed by atoms with Crippen molar-refractivity contribution in [3.8, 4) is 0 Å². The number of hydrogen-bond acceptors (Lipinski definition) is 4. The Kier molecular flexibility index (Phi) is 8.00. The van der Waals surface area contributed by atoms with E-state index < -0.39 is 24.5 Å². The third-order valence-electron chi connectivity index (χ3n) is 1.87. The Bertz CT molecular complexity index is 317. The van der Waals surface area contributed by atoms with E-state index in [0.717, 1.165) is 4.90 Å². The maximum Gasteiger partial charge on any atom is 0.323 e. The molecule has 0 aliphatic carbocycles. The predicted molar refractivity (Wildman–Crippen MR) is 64.1 cm³/mol. The van der Waals surface area contributed by atoms with E-state index in [1.54, 1.807) is 6.92 Å². The molecule has 0 fully saturated rings. The SMILES string of the molecule is C=CCN(CC(=O)O)C(=O)NCCC(=O)OCC. The number of hydrogen-bond donors (Lipinski definition) is 2. The van der Waals surface area contributed by atoms with Crippen LogP contribution in [0.3, 0.4) is 0 Å². The lowest BCUT2D eigenvalue weighted by atomic mass is 10.4. The summed E-state index contributed by atoms with van der Waals surface area (Å²) in [6, 6.07) is -0.554. The first kappa shape index (κ1) is 16.0. The summed E-state index contributed by atoms with van der Waals surface area (Å²) in [5, 5.41) is 11.1. The second-order valence-corrected chi connectivity index (χ2v) is 3.35. The molecule has 0 aromatic carbocycles. The summed E-state index contributed by atoms with van der Waals surface area (Å²) in [7, 11) is 0. The maximum atomic E-state index is 11.6. The zero-order valence-electron chi connectivity index (χ0n) is 10.3. The second kappa shape index (κ2) is 9.03. The molecule has 0 rings (SSSR count). The van der Waals surface area contributed by atoms with Crippen molar-refractivity contribution in [2.45, 2.75) is 13.3 Å². The molecule has 0 radical (unpaired) electrons. The summed E-state index contributed by atoms with van der Waals surface area (Å²) < 4.78 is 4.68. The number of carboxylic acid groups (broad SMARTS) is 1. The van der Waals surface area contributed by atoms with Crippen molar-refractivity contribution in [1.82, 2.24) is 10.2 Å². The van der Waals surface area contributed by atoms with E-state index in [2.05, 4.69) is 16.6 Å². The van der Waals surface area contributed by atoms with E-state index in [4.69, 9.17) is 5.11 Å². The molecule has 0 unspecified atom stereocenters. The molecule has 18 heavy (non-hydrogen) atoms. The summed E-state index contributed by atoms with van der Waals surface area (Å²) in [4.78, 5) is 34.2. The van der Waals surface area contributed by atoms with Crippen molar-refractivity contribution < 1.29 is 24.2 Å². The van der Waals surface area contributed by atoms with E-state index in [-0.39, 0.29) is 26.1 Å². The smallest absolute Gasteiger partial charge is 0.323 e. The van der Waals surface area contributed by atoms with Gasteiger partial charge < -0.3 is 20.1 Å². The molecule has 0 aliphatic heterocycles. The monoisotopic (exact) mass is 258 g/mol. The first-order valence-corrected chi connectivity index (χ1v) is 5.52. The van der Waals surface area contributed by atoms with Gasteiger partial charge in [0.1, 0.15) is 6.54 Å². The molecule has 7 heteroatoms. The normalized spacial score (nSPS) is 9.39. The molecule has 0 aromatic heterocycles. The number of ether oxygens (including phenoxy) is 1. The standard InChI is InChI=1S/C11H18N2O5/c1-3-7-13(8-9(14)15)11(17)12-6-5-10(16)18-4-2/h3H,1,4-8H2,2H3,(H,12,17)(H,14,15). The zero-order valence-corrected chi connectivity index (χ0v) is 10.3. The van der Waals surface area contributed by atoms with Gasteiger partial charge in [-0.05, 0) is 6.92 Å². The number of nitrogens with zero attached hydrogens (tertiary/aromatic N) is 1. The van der Waals surface area contributed by atoms with Gasteiger partial charge in [-0.1, -0.05) is 6.08 Å². The minimum atomic E-state index is -1.11. The minimum absolute atomic E-state index is 0.0502. The highest BCUT2D eigenvalue weighted by molar-refractivity contribution is 5.80. The lowest BCUT2D eigenvalue weighted by molar-refractivity contribution is -0.143. The Labute approximate surface area is 105 Å². The molecule has 2 N–H and O–H groups in total. The number of carbonyl (C=O) groups is 3. The molecule has 0 atom stereocenters. The molecular formula is C11H18N2O5. The first-order chi connectivity index (χ1) is 8.51. The van der Waals surface area contributed by atoms with E-state index in [9.17, 15) is 14.4 Å². The average molecular weight is 258 g/mol. The van der Waals surface area contributed by atoms with Gasteiger partial charge in [0.15, 0.2) is 0 Å². The van der Waals surface area contributed by atoms with E-state index >= 15 is 0 Å². The van der Waals surface area contributed by atoms with Crippen LogP contribution in [0.4, 0.5) is 4.79 Å². The summed E-state index contributed by atoms with van der Waals surface area (Å²) in [5.41, 5.74) is 0. The van der Waals surface area contributed by atoms with Crippen molar-refractivity contribution in [3.05, 3.63) is 12.7 Å². The van der Waals surface area contributed by atoms with Crippen LogP contribution in [0.5, 0.6) is 0 Å². The summed E-state index contributed by atoms with van der Waals surface area (Å²) >= 11 is 0. The van der Waals surface area contributed by atoms with Crippen molar-refractivity contribution in [3.63, 3.8) is 0 Å². The number of carbonyl (C=O) groups excluding carboxylic acids is 2. The molecule has 0 bridgehead atoms. The number of urea groups is 1.